The fourth-order valence-electron chi connectivity index (χ4n) is 7.20. The zero-order valence-corrected chi connectivity index (χ0v) is 22.2. The summed E-state index contributed by atoms with van der Waals surface area (Å²) in [5.74, 6) is 3.05. The van der Waals surface area contributed by atoms with Gasteiger partial charge in [0.1, 0.15) is 5.82 Å². The fraction of sp³-hybridized carbons (Fsp3) is 0. The average Bonchev–Trinajstić information content (AvgIpc) is 3.03. The first-order valence-corrected chi connectivity index (χ1v) is 14.1. The molecule has 6 aromatic rings. The molecule has 6 aromatic carbocycles. The van der Waals surface area contributed by atoms with E-state index in [9.17, 15) is 4.39 Å². The van der Waals surface area contributed by atoms with Gasteiger partial charge >= 0.3 is 0 Å². The monoisotopic (exact) mass is 542 g/mol. The molecule has 4 nitrogen and oxygen atoms in total. The van der Waals surface area contributed by atoms with Crippen LogP contribution < -0.4 is 35.7 Å². The zero-order chi connectivity index (χ0) is 27.5. The molecule has 0 fully saturated rings. The van der Waals surface area contributed by atoms with Gasteiger partial charge in [0.25, 0.3) is 6.71 Å². The van der Waals surface area contributed by atoms with E-state index >= 15 is 0 Å². The summed E-state index contributed by atoms with van der Waals surface area (Å²) in [7, 11) is 0. The molecular weight excluding hydrogens is 522 g/mol. The summed E-state index contributed by atoms with van der Waals surface area (Å²) < 4.78 is 27.0. The fourth-order valence-corrected chi connectivity index (χ4v) is 7.20. The van der Waals surface area contributed by atoms with Crippen LogP contribution in [0.5, 0.6) is 23.0 Å². The molecule has 0 atom stereocenters. The molecule has 4 heterocycles. The van der Waals surface area contributed by atoms with Crippen molar-refractivity contribution in [3.05, 3.63) is 127 Å². The Morgan fingerprint density at radius 1 is 0.476 bits per heavy atom. The number of fused-ring (bicyclic) bond motifs is 8. The Balaban J connectivity index is 1.37. The van der Waals surface area contributed by atoms with Crippen molar-refractivity contribution in [3.8, 4) is 34.1 Å². The summed E-state index contributed by atoms with van der Waals surface area (Å²) in [6, 6.07) is 40.4. The largest absolute Gasteiger partial charge is 0.453 e. The third-order valence-corrected chi connectivity index (χ3v) is 8.87. The van der Waals surface area contributed by atoms with E-state index < -0.39 is 0 Å². The number of halogens is 1. The normalized spacial score (nSPS) is 14.1. The highest BCUT2D eigenvalue weighted by Crippen LogP contribution is 2.56. The van der Waals surface area contributed by atoms with Gasteiger partial charge in [0, 0.05) is 11.4 Å². The predicted octanol–water partition coefficient (Wildman–Crippen LogP) is 7.79. The van der Waals surface area contributed by atoms with E-state index in [4.69, 9.17) is 9.47 Å². The first-order chi connectivity index (χ1) is 20.7. The number of hydrogen-bond donors (Lipinski definition) is 0. The van der Waals surface area contributed by atoms with Gasteiger partial charge in [-0.15, -0.1) is 0 Å². The Morgan fingerprint density at radius 3 is 1.52 bits per heavy atom. The van der Waals surface area contributed by atoms with Crippen molar-refractivity contribution in [2.45, 2.75) is 0 Å². The van der Waals surface area contributed by atoms with Crippen LogP contribution in [0.2, 0.25) is 0 Å². The summed E-state index contributed by atoms with van der Waals surface area (Å²) in [4.78, 5) is 4.71. The van der Waals surface area contributed by atoms with Crippen LogP contribution in [0.15, 0.2) is 121 Å². The number of hydrogen-bond acceptors (Lipinski definition) is 4. The van der Waals surface area contributed by atoms with Crippen molar-refractivity contribution in [3.63, 3.8) is 0 Å². The second-order valence-electron chi connectivity index (χ2n) is 11.1. The van der Waals surface area contributed by atoms with Gasteiger partial charge in [0.05, 0.1) is 22.7 Å². The van der Waals surface area contributed by atoms with Gasteiger partial charge in [-0.25, -0.2) is 4.39 Å². The summed E-state index contributed by atoms with van der Waals surface area (Å²) >= 11 is 0. The molecule has 0 bridgehead atoms. The highest BCUT2D eigenvalue weighted by molar-refractivity contribution is 7.00. The van der Waals surface area contributed by atoms with Crippen LogP contribution in [0, 0.1) is 5.82 Å². The van der Waals surface area contributed by atoms with Crippen LogP contribution in [0.1, 0.15) is 0 Å². The summed E-state index contributed by atoms with van der Waals surface area (Å²) in [6.45, 7) is -0.0302. The molecule has 0 amide bonds. The van der Waals surface area contributed by atoms with E-state index in [-0.39, 0.29) is 12.5 Å². The molecule has 0 aliphatic carbocycles. The van der Waals surface area contributed by atoms with E-state index in [2.05, 4.69) is 70.5 Å². The van der Waals surface area contributed by atoms with Crippen molar-refractivity contribution >= 4 is 57.2 Å². The first kappa shape index (κ1) is 22.2. The van der Waals surface area contributed by atoms with Crippen molar-refractivity contribution in [2.24, 2.45) is 0 Å². The topological polar surface area (TPSA) is 24.9 Å². The van der Waals surface area contributed by atoms with Crippen LogP contribution in [0.25, 0.3) is 11.1 Å². The molecule has 0 unspecified atom stereocenters. The van der Waals surface area contributed by atoms with Crippen molar-refractivity contribution < 1.29 is 13.9 Å². The quantitative estimate of drug-likeness (QED) is 0.198. The maximum Gasteiger partial charge on any atom is 0.252 e. The lowest BCUT2D eigenvalue weighted by Gasteiger charge is -2.47. The molecule has 42 heavy (non-hydrogen) atoms. The van der Waals surface area contributed by atoms with E-state index in [1.165, 1.54) is 28.5 Å². The molecule has 0 N–H and O–H groups in total. The SMILES string of the molecule is Fc1ccc(-c2cc3c4c(c2)N2c5ccccc5Oc5cccc(c52)B4c2cccc4c2N3c2ccccc2O4)cc1. The zero-order valence-electron chi connectivity index (χ0n) is 22.2. The third-order valence-electron chi connectivity index (χ3n) is 8.87. The van der Waals surface area contributed by atoms with Crippen molar-refractivity contribution in [1.82, 2.24) is 0 Å². The number of para-hydroxylation sites is 6. The molecule has 4 aliphatic rings. The molecule has 0 radical (unpaired) electrons. The number of anilines is 6. The highest BCUT2D eigenvalue weighted by Gasteiger charge is 2.47. The lowest BCUT2D eigenvalue weighted by molar-refractivity contribution is 0.477. The number of nitrogens with zero attached hydrogens (tertiary/aromatic N) is 2. The van der Waals surface area contributed by atoms with Crippen molar-refractivity contribution in [2.75, 3.05) is 9.80 Å². The summed E-state index contributed by atoms with van der Waals surface area (Å²) in [5, 5.41) is 0. The predicted molar refractivity (Wildman–Crippen MR) is 166 cm³/mol. The Kier molecular flexibility index (Phi) is 4.14. The number of benzene rings is 6. The van der Waals surface area contributed by atoms with Gasteiger partial charge in [0.2, 0.25) is 0 Å². The minimum Gasteiger partial charge on any atom is -0.453 e. The third kappa shape index (κ3) is 2.76. The summed E-state index contributed by atoms with van der Waals surface area (Å²) in [5.41, 5.74) is 11.9. The van der Waals surface area contributed by atoms with Crippen LogP contribution >= 0.6 is 0 Å². The van der Waals surface area contributed by atoms with Crippen LogP contribution in [-0.2, 0) is 0 Å². The standard InChI is InChI=1S/C36H20BFN2O2/c38-23-17-15-21(16-18-23)22-19-28-34-29(20-22)40-27-10-2-4-12-31(27)42-33-14-6-8-25(36(33)40)37(34)24-7-5-13-32-35(24)39(28)26-9-1-3-11-30(26)41-32/h1-20H. The molecule has 10 rings (SSSR count). The Labute approximate surface area is 241 Å². The Morgan fingerprint density at radius 2 is 0.976 bits per heavy atom. The van der Waals surface area contributed by atoms with E-state index in [0.717, 1.165) is 68.2 Å². The van der Waals surface area contributed by atoms with Gasteiger partial charge in [-0.2, -0.15) is 0 Å². The van der Waals surface area contributed by atoms with Crippen LogP contribution in [0.4, 0.5) is 38.5 Å². The van der Waals surface area contributed by atoms with Crippen LogP contribution in [-0.4, -0.2) is 6.71 Å². The minimum atomic E-state index is -0.250. The molecule has 0 saturated heterocycles. The number of ether oxygens (including phenoxy) is 2. The second kappa shape index (κ2) is 7.83. The Hall–Kier alpha value is -5.49. The van der Waals surface area contributed by atoms with Crippen molar-refractivity contribution in [1.29, 1.82) is 0 Å². The molecular formula is C36H20BFN2O2. The van der Waals surface area contributed by atoms with E-state index in [1.807, 2.05) is 48.5 Å². The highest BCUT2D eigenvalue weighted by atomic mass is 19.1. The molecule has 196 valence electrons. The van der Waals surface area contributed by atoms with Gasteiger partial charge in [-0.1, -0.05) is 60.7 Å². The first-order valence-electron chi connectivity index (χ1n) is 14.1. The maximum atomic E-state index is 14.0. The van der Waals surface area contributed by atoms with E-state index in [1.54, 1.807) is 0 Å². The molecule has 0 spiro atoms. The summed E-state index contributed by atoms with van der Waals surface area (Å²) in [6.07, 6.45) is 0. The minimum absolute atomic E-state index is 0.0302. The smallest absolute Gasteiger partial charge is 0.252 e. The van der Waals surface area contributed by atoms with Gasteiger partial charge in [0.15, 0.2) is 23.0 Å². The number of rotatable bonds is 1. The Bertz CT molecular complexity index is 2020. The van der Waals surface area contributed by atoms with Crippen LogP contribution in [0.3, 0.4) is 0 Å². The lowest BCUT2D eigenvalue weighted by atomic mass is 9.33. The van der Waals surface area contributed by atoms with Gasteiger partial charge < -0.3 is 19.3 Å². The molecule has 4 aliphatic heterocycles. The molecule has 6 heteroatoms. The van der Waals surface area contributed by atoms with E-state index in [0.29, 0.717) is 0 Å². The lowest BCUT2D eigenvalue weighted by Crippen LogP contribution is -2.61. The van der Waals surface area contributed by atoms with Gasteiger partial charge in [-0.05, 0) is 88.2 Å². The van der Waals surface area contributed by atoms with Gasteiger partial charge in [-0.3, -0.25) is 0 Å². The molecule has 0 aromatic heterocycles. The average molecular weight is 542 g/mol. The second-order valence-corrected chi connectivity index (χ2v) is 11.1. The maximum absolute atomic E-state index is 14.0. The molecule has 0 saturated carbocycles.